The summed E-state index contributed by atoms with van der Waals surface area (Å²) in [5, 5.41) is 8.47. The van der Waals surface area contributed by atoms with Crippen LogP contribution < -0.4 is 5.64 Å². The fourth-order valence-electron chi connectivity index (χ4n) is 2.50. The molecule has 1 atom stereocenters. The first-order valence-electron chi connectivity index (χ1n) is 8.36. The van der Waals surface area contributed by atoms with Crippen LogP contribution in [0.4, 0.5) is 0 Å². The lowest BCUT2D eigenvalue weighted by atomic mass is 9.94. The number of carbonyl (C=O) groups excluding carboxylic acids is 1. The highest BCUT2D eigenvalue weighted by Crippen LogP contribution is 2.20. The van der Waals surface area contributed by atoms with Crippen molar-refractivity contribution >= 4 is 5.97 Å². The lowest BCUT2D eigenvalue weighted by Crippen LogP contribution is -2.24. The molecule has 4 heteroatoms. The van der Waals surface area contributed by atoms with Gasteiger partial charge in [0.1, 0.15) is 0 Å². The molecule has 4 nitrogen and oxygen atoms in total. The molecule has 0 saturated carbocycles. The van der Waals surface area contributed by atoms with E-state index in [1.54, 1.807) is 0 Å². The zero-order chi connectivity index (χ0) is 15.1. The van der Waals surface area contributed by atoms with E-state index < -0.39 is 0 Å². The largest absolute Gasteiger partial charge is 0.345 e. The second-order valence-electron chi connectivity index (χ2n) is 5.62. The molecule has 0 aromatic rings. The molecule has 0 rings (SSSR count). The molecule has 1 unspecified atom stereocenters. The van der Waals surface area contributed by atoms with Crippen molar-refractivity contribution in [2.75, 3.05) is 0 Å². The molecule has 0 fully saturated rings. The summed E-state index contributed by atoms with van der Waals surface area (Å²) in [6.07, 6.45) is 13.8. The maximum atomic E-state index is 11.7. The molecule has 20 heavy (non-hydrogen) atoms. The van der Waals surface area contributed by atoms with E-state index in [4.69, 9.17) is 5.21 Å². The summed E-state index contributed by atoms with van der Waals surface area (Å²) >= 11 is 0. The van der Waals surface area contributed by atoms with Gasteiger partial charge in [0.2, 0.25) is 0 Å². The lowest BCUT2D eigenvalue weighted by Gasteiger charge is -2.14. The lowest BCUT2D eigenvalue weighted by molar-refractivity contribution is -0.182. The number of hydrogen-bond donors (Lipinski definition) is 2. The van der Waals surface area contributed by atoms with Gasteiger partial charge < -0.3 is 4.84 Å². The smallest absolute Gasteiger partial charge is 0.330 e. The van der Waals surface area contributed by atoms with Crippen LogP contribution in [0.15, 0.2) is 0 Å². The molecular formula is C16H33NO3. The zero-order valence-electron chi connectivity index (χ0n) is 13.3. The predicted molar refractivity (Wildman–Crippen MR) is 81.3 cm³/mol. The Bertz CT molecular complexity index is 222. The monoisotopic (exact) mass is 287 g/mol. The van der Waals surface area contributed by atoms with Crippen LogP contribution in [0.5, 0.6) is 0 Å². The Morgan fingerprint density at radius 2 is 1.35 bits per heavy atom. The highest BCUT2D eigenvalue weighted by Gasteiger charge is 2.19. The van der Waals surface area contributed by atoms with Crippen molar-refractivity contribution < 1.29 is 14.8 Å². The van der Waals surface area contributed by atoms with Gasteiger partial charge in [0, 0.05) is 0 Å². The topological polar surface area (TPSA) is 58.6 Å². The van der Waals surface area contributed by atoms with Gasteiger partial charge in [0.05, 0.1) is 5.92 Å². The Balaban J connectivity index is 3.83. The van der Waals surface area contributed by atoms with E-state index in [1.165, 1.54) is 57.0 Å². The van der Waals surface area contributed by atoms with Crippen LogP contribution in [0.2, 0.25) is 0 Å². The minimum Gasteiger partial charge on any atom is -0.345 e. The minimum absolute atomic E-state index is 0.0716. The summed E-state index contributed by atoms with van der Waals surface area (Å²) in [6, 6.07) is 0. The average Bonchev–Trinajstić information content (AvgIpc) is 2.45. The maximum absolute atomic E-state index is 11.7. The van der Waals surface area contributed by atoms with Crippen molar-refractivity contribution in [2.24, 2.45) is 5.92 Å². The molecule has 0 aliphatic heterocycles. The highest BCUT2D eigenvalue weighted by atomic mass is 16.9. The van der Waals surface area contributed by atoms with Gasteiger partial charge in [-0.25, -0.2) is 4.79 Å². The predicted octanol–water partition coefficient (Wildman–Crippen LogP) is 4.76. The van der Waals surface area contributed by atoms with Crippen LogP contribution >= 0.6 is 0 Å². The van der Waals surface area contributed by atoms with Crippen molar-refractivity contribution in [3.8, 4) is 0 Å². The summed E-state index contributed by atoms with van der Waals surface area (Å²) in [6.45, 7) is 4.39. The van der Waals surface area contributed by atoms with E-state index in [0.717, 1.165) is 25.7 Å². The molecule has 0 aliphatic rings. The second-order valence-corrected chi connectivity index (χ2v) is 5.62. The van der Waals surface area contributed by atoms with Crippen molar-refractivity contribution in [2.45, 2.75) is 90.9 Å². The van der Waals surface area contributed by atoms with Crippen LogP contribution in [0.25, 0.3) is 0 Å². The summed E-state index contributed by atoms with van der Waals surface area (Å²) in [7, 11) is 0. The molecular weight excluding hydrogens is 254 g/mol. The van der Waals surface area contributed by atoms with Gasteiger partial charge in [0.25, 0.3) is 0 Å². The Hall–Kier alpha value is -0.610. The molecule has 0 aliphatic carbocycles. The van der Waals surface area contributed by atoms with E-state index in [0.29, 0.717) is 0 Å². The first-order valence-corrected chi connectivity index (χ1v) is 8.36. The van der Waals surface area contributed by atoms with Gasteiger partial charge in [-0.1, -0.05) is 78.1 Å². The molecule has 0 saturated heterocycles. The number of rotatable bonds is 14. The fraction of sp³-hybridized carbons (Fsp3) is 0.938. The van der Waals surface area contributed by atoms with E-state index in [9.17, 15) is 4.79 Å². The Morgan fingerprint density at radius 1 is 0.900 bits per heavy atom. The molecule has 120 valence electrons. The van der Waals surface area contributed by atoms with Gasteiger partial charge >= 0.3 is 5.97 Å². The van der Waals surface area contributed by atoms with Gasteiger partial charge in [-0.05, 0) is 18.5 Å². The van der Waals surface area contributed by atoms with Gasteiger partial charge in [-0.2, -0.15) is 0 Å². The first kappa shape index (κ1) is 19.4. The van der Waals surface area contributed by atoms with Gasteiger partial charge in [-0.15, -0.1) is 0 Å². The van der Waals surface area contributed by atoms with Crippen LogP contribution in [0.1, 0.15) is 90.9 Å². The minimum atomic E-state index is -0.322. The maximum Gasteiger partial charge on any atom is 0.330 e. The van der Waals surface area contributed by atoms with E-state index in [1.807, 2.05) is 0 Å². The molecule has 0 aromatic heterocycles. The number of hydrogen-bond acceptors (Lipinski definition) is 4. The van der Waals surface area contributed by atoms with Crippen molar-refractivity contribution in [3.63, 3.8) is 0 Å². The molecule has 0 heterocycles. The van der Waals surface area contributed by atoms with Gasteiger partial charge in [-0.3, -0.25) is 5.21 Å². The first-order chi connectivity index (χ1) is 9.76. The highest BCUT2D eigenvalue weighted by molar-refractivity contribution is 5.71. The Kier molecular flexibility index (Phi) is 14.3. The van der Waals surface area contributed by atoms with E-state index in [2.05, 4.69) is 18.7 Å². The molecule has 0 bridgehead atoms. The van der Waals surface area contributed by atoms with Crippen LogP contribution in [-0.2, 0) is 9.63 Å². The van der Waals surface area contributed by atoms with Crippen LogP contribution in [-0.4, -0.2) is 11.2 Å². The standard InChI is InChI=1S/C16H33NO3/c1-3-5-7-9-10-12-14-15(16(18)20-17-19)13-11-8-6-4-2/h15,17,19H,3-14H2,1-2H3. The van der Waals surface area contributed by atoms with Crippen molar-refractivity contribution in [1.82, 2.24) is 5.64 Å². The SMILES string of the molecule is CCCCCCCCC(CCCCCC)C(=O)ONO. The molecule has 0 aromatic carbocycles. The number of unbranched alkanes of at least 4 members (excludes halogenated alkanes) is 8. The summed E-state index contributed by atoms with van der Waals surface area (Å²) in [5.41, 5.74) is 1.52. The zero-order valence-corrected chi connectivity index (χ0v) is 13.3. The summed E-state index contributed by atoms with van der Waals surface area (Å²) in [5.74, 6) is -0.393. The third-order valence-corrected chi connectivity index (χ3v) is 3.79. The van der Waals surface area contributed by atoms with Crippen molar-refractivity contribution in [3.05, 3.63) is 0 Å². The quantitative estimate of drug-likeness (QED) is 0.357. The fourth-order valence-corrected chi connectivity index (χ4v) is 2.50. The Morgan fingerprint density at radius 3 is 1.85 bits per heavy atom. The van der Waals surface area contributed by atoms with Crippen LogP contribution in [0, 0.1) is 5.92 Å². The third kappa shape index (κ3) is 11.2. The molecule has 0 spiro atoms. The number of carbonyl (C=O) groups is 1. The van der Waals surface area contributed by atoms with E-state index in [-0.39, 0.29) is 11.9 Å². The summed E-state index contributed by atoms with van der Waals surface area (Å²) < 4.78 is 0. The second kappa shape index (κ2) is 14.8. The molecule has 0 amide bonds. The number of nitrogens with one attached hydrogen (secondary N) is 1. The molecule has 2 N–H and O–H groups in total. The third-order valence-electron chi connectivity index (χ3n) is 3.79. The van der Waals surface area contributed by atoms with Crippen LogP contribution in [0.3, 0.4) is 0 Å². The van der Waals surface area contributed by atoms with Crippen molar-refractivity contribution in [1.29, 1.82) is 0 Å². The Labute approximate surface area is 124 Å². The van der Waals surface area contributed by atoms with E-state index >= 15 is 0 Å². The summed E-state index contributed by atoms with van der Waals surface area (Å²) in [4.78, 5) is 16.3. The normalized spacial score (nSPS) is 12.3. The average molecular weight is 287 g/mol. The molecule has 0 radical (unpaired) electrons. The van der Waals surface area contributed by atoms with Gasteiger partial charge in [0.15, 0.2) is 0 Å².